The van der Waals surface area contributed by atoms with Crippen molar-refractivity contribution >= 4 is 5.97 Å². The maximum Gasteiger partial charge on any atom is 0.303 e. The summed E-state index contributed by atoms with van der Waals surface area (Å²) in [6.07, 6.45) is 21.0. The van der Waals surface area contributed by atoms with Crippen molar-refractivity contribution in [2.45, 2.75) is 109 Å². The number of hydrogen-bond acceptors (Lipinski definition) is 3. The van der Waals surface area contributed by atoms with Gasteiger partial charge in [-0.15, -0.1) is 0 Å². The van der Waals surface area contributed by atoms with Crippen LogP contribution in [0.1, 0.15) is 96.8 Å². The molecule has 4 nitrogen and oxygen atoms in total. The molecule has 0 aromatic carbocycles. The quantitative estimate of drug-likeness (QED) is 0.248. The molecule has 0 heterocycles. The normalized spacial score (nSPS) is 22.7. The first-order chi connectivity index (χ1) is 13.5. The molecule has 1 saturated carbocycles. The summed E-state index contributed by atoms with van der Waals surface area (Å²) in [7, 11) is 0. The van der Waals surface area contributed by atoms with Gasteiger partial charge < -0.3 is 15.3 Å². The summed E-state index contributed by atoms with van der Waals surface area (Å²) in [5.41, 5.74) is 0. The van der Waals surface area contributed by atoms with Gasteiger partial charge in [-0.3, -0.25) is 4.79 Å². The number of aliphatic hydroxyl groups excluding tert-OH is 2. The van der Waals surface area contributed by atoms with E-state index in [1.165, 1.54) is 38.5 Å². The van der Waals surface area contributed by atoms with Crippen LogP contribution in [-0.4, -0.2) is 33.5 Å². The van der Waals surface area contributed by atoms with Gasteiger partial charge in [-0.05, 0) is 43.9 Å². The maximum atomic E-state index is 10.7. The van der Waals surface area contributed by atoms with Crippen LogP contribution in [0, 0.1) is 11.8 Å². The van der Waals surface area contributed by atoms with E-state index in [0.29, 0.717) is 18.8 Å². The molecule has 4 atom stereocenters. The molecule has 0 aliphatic heterocycles. The van der Waals surface area contributed by atoms with Gasteiger partial charge in [0.2, 0.25) is 0 Å². The van der Waals surface area contributed by atoms with Crippen LogP contribution in [0.3, 0.4) is 0 Å². The standard InChI is InChI=1S/C24H42O4/c1-2-3-4-5-6-7-15-21(25)16-10-8-13-20-14-9-11-17-22(20)23(26)18-12-19-24(27)28/h8,10,13,16,20-23,25-26H,2-7,9,11-12,14-15,17-19H2,1H3,(H,27,28)/b13-8+,16-10+. The Morgan fingerprint density at radius 2 is 1.68 bits per heavy atom. The fraction of sp³-hybridized carbons (Fsp3) is 0.792. The summed E-state index contributed by atoms with van der Waals surface area (Å²) in [5, 5.41) is 29.3. The van der Waals surface area contributed by atoms with Gasteiger partial charge >= 0.3 is 5.97 Å². The molecule has 4 heteroatoms. The van der Waals surface area contributed by atoms with Crippen molar-refractivity contribution < 1.29 is 20.1 Å². The van der Waals surface area contributed by atoms with Crippen LogP contribution >= 0.6 is 0 Å². The van der Waals surface area contributed by atoms with Crippen LogP contribution in [0.5, 0.6) is 0 Å². The number of carbonyl (C=O) groups is 1. The summed E-state index contributed by atoms with van der Waals surface area (Å²) in [5.74, 6) is -0.230. The van der Waals surface area contributed by atoms with E-state index in [4.69, 9.17) is 5.11 Å². The second kappa shape index (κ2) is 15.8. The smallest absolute Gasteiger partial charge is 0.303 e. The predicted octanol–water partition coefficient (Wildman–Crippen LogP) is 5.63. The Morgan fingerprint density at radius 3 is 2.43 bits per heavy atom. The SMILES string of the molecule is CCCCCCCCC(O)/C=C/C=C/C1CCCCC1C(O)CCCC(=O)O. The van der Waals surface area contributed by atoms with Gasteiger partial charge in [0.05, 0.1) is 12.2 Å². The van der Waals surface area contributed by atoms with Crippen LogP contribution in [0.15, 0.2) is 24.3 Å². The Morgan fingerprint density at radius 1 is 0.964 bits per heavy atom. The maximum absolute atomic E-state index is 10.7. The topological polar surface area (TPSA) is 77.8 Å². The van der Waals surface area contributed by atoms with Gasteiger partial charge in [0.15, 0.2) is 0 Å². The van der Waals surface area contributed by atoms with E-state index in [1.54, 1.807) is 0 Å². The number of carboxylic acid groups (broad SMARTS) is 1. The van der Waals surface area contributed by atoms with E-state index in [2.05, 4.69) is 13.0 Å². The molecule has 0 amide bonds. The first kappa shape index (κ1) is 24.9. The van der Waals surface area contributed by atoms with E-state index in [0.717, 1.165) is 32.1 Å². The molecule has 0 radical (unpaired) electrons. The Hall–Kier alpha value is -1.13. The van der Waals surface area contributed by atoms with Crippen molar-refractivity contribution in [1.29, 1.82) is 0 Å². The fourth-order valence-electron chi connectivity index (χ4n) is 4.21. The number of hydrogen-bond donors (Lipinski definition) is 3. The number of rotatable bonds is 15. The van der Waals surface area contributed by atoms with Crippen molar-refractivity contribution in [1.82, 2.24) is 0 Å². The molecule has 3 N–H and O–H groups in total. The zero-order valence-corrected chi connectivity index (χ0v) is 17.8. The van der Waals surface area contributed by atoms with Crippen LogP contribution in [0.4, 0.5) is 0 Å². The highest BCUT2D eigenvalue weighted by molar-refractivity contribution is 5.66. The number of carboxylic acids is 1. The predicted molar refractivity (Wildman–Crippen MR) is 115 cm³/mol. The van der Waals surface area contributed by atoms with Gasteiger partial charge in [0, 0.05) is 6.42 Å². The van der Waals surface area contributed by atoms with Crippen molar-refractivity contribution in [3.05, 3.63) is 24.3 Å². The summed E-state index contributed by atoms with van der Waals surface area (Å²) >= 11 is 0. The van der Waals surface area contributed by atoms with Crippen molar-refractivity contribution in [3.63, 3.8) is 0 Å². The Balaban J connectivity index is 2.32. The molecule has 0 saturated heterocycles. The average molecular weight is 395 g/mol. The highest BCUT2D eigenvalue weighted by Gasteiger charge is 2.28. The van der Waals surface area contributed by atoms with Crippen molar-refractivity contribution in [3.8, 4) is 0 Å². The Bertz CT molecular complexity index is 458. The summed E-state index contributed by atoms with van der Waals surface area (Å²) in [6, 6.07) is 0. The molecule has 1 fully saturated rings. The van der Waals surface area contributed by atoms with E-state index in [9.17, 15) is 15.0 Å². The Kier molecular flexibility index (Phi) is 14.0. The molecule has 0 aromatic heterocycles. The van der Waals surface area contributed by atoms with Crippen molar-refractivity contribution in [2.24, 2.45) is 11.8 Å². The number of aliphatic hydroxyl groups is 2. The lowest BCUT2D eigenvalue weighted by Gasteiger charge is -2.33. The van der Waals surface area contributed by atoms with E-state index < -0.39 is 12.1 Å². The molecule has 0 spiro atoms. The summed E-state index contributed by atoms with van der Waals surface area (Å²) < 4.78 is 0. The highest BCUT2D eigenvalue weighted by atomic mass is 16.4. The second-order valence-electron chi connectivity index (χ2n) is 8.36. The lowest BCUT2D eigenvalue weighted by Crippen LogP contribution is -2.30. The minimum atomic E-state index is -0.794. The Labute approximate surface area is 171 Å². The van der Waals surface area contributed by atoms with Gasteiger partial charge in [-0.2, -0.15) is 0 Å². The van der Waals surface area contributed by atoms with Crippen LogP contribution in [0.25, 0.3) is 0 Å². The number of allylic oxidation sites excluding steroid dienone is 3. The average Bonchev–Trinajstić information content (AvgIpc) is 2.68. The molecule has 1 rings (SSSR count). The largest absolute Gasteiger partial charge is 0.481 e. The van der Waals surface area contributed by atoms with Gasteiger partial charge in [0.25, 0.3) is 0 Å². The molecular formula is C24H42O4. The van der Waals surface area contributed by atoms with E-state index >= 15 is 0 Å². The molecule has 0 aromatic rings. The van der Waals surface area contributed by atoms with Gasteiger partial charge in [-0.25, -0.2) is 0 Å². The molecular weight excluding hydrogens is 352 g/mol. The fourth-order valence-corrected chi connectivity index (χ4v) is 4.21. The lowest BCUT2D eigenvalue weighted by atomic mass is 9.75. The molecule has 28 heavy (non-hydrogen) atoms. The summed E-state index contributed by atoms with van der Waals surface area (Å²) in [4.78, 5) is 10.7. The first-order valence-electron chi connectivity index (χ1n) is 11.5. The highest BCUT2D eigenvalue weighted by Crippen LogP contribution is 2.34. The minimum Gasteiger partial charge on any atom is -0.481 e. The number of unbranched alkanes of at least 4 members (excludes halogenated alkanes) is 5. The van der Waals surface area contributed by atoms with E-state index in [-0.39, 0.29) is 18.4 Å². The van der Waals surface area contributed by atoms with Crippen LogP contribution in [0.2, 0.25) is 0 Å². The first-order valence-corrected chi connectivity index (χ1v) is 11.5. The lowest BCUT2D eigenvalue weighted by molar-refractivity contribution is -0.137. The monoisotopic (exact) mass is 394 g/mol. The molecule has 162 valence electrons. The zero-order valence-electron chi connectivity index (χ0n) is 17.8. The molecule has 1 aliphatic rings. The number of aliphatic carboxylic acids is 1. The molecule has 1 aliphatic carbocycles. The summed E-state index contributed by atoms with van der Waals surface area (Å²) in [6.45, 7) is 2.22. The third kappa shape index (κ3) is 11.7. The third-order valence-corrected chi connectivity index (χ3v) is 5.92. The zero-order chi connectivity index (χ0) is 20.6. The van der Waals surface area contributed by atoms with E-state index in [1.807, 2.05) is 18.2 Å². The minimum absolute atomic E-state index is 0.128. The van der Waals surface area contributed by atoms with Gasteiger partial charge in [-0.1, -0.05) is 82.6 Å². The van der Waals surface area contributed by atoms with Crippen LogP contribution < -0.4 is 0 Å². The third-order valence-electron chi connectivity index (χ3n) is 5.92. The van der Waals surface area contributed by atoms with Gasteiger partial charge in [0.1, 0.15) is 0 Å². The molecule has 4 unspecified atom stereocenters. The second-order valence-corrected chi connectivity index (χ2v) is 8.36. The van der Waals surface area contributed by atoms with Crippen LogP contribution in [-0.2, 0) is 4.79 Å². The molecule has 0 bridgehead atoms. The van der Waals surface area contributed by atoms with Crippen molar-refractivity contribution in [2.75, 3.05) is 0 Å².